The van der Waals surface area contributed by atoms with Gasteiger partial charge in [-0.05, 0) is 13.3 Å². The van der Waals surface area contributed by atoms with E-state index in [0.29, 0.717) is 0 Å². The third kappa shape index (κ3) is 13.6. The molecule has 0 heterocycles. The predicted molar refractivity (Wildman–Crippen MR) is 49.9 cm³/mol. The van der Waals surface area contributed by atoms with Crippen LogP contribution in [0.1, 0.15) is 19.8 Å². The Hall–Kier alpha value is -1.36. The first-order valence-electron chi connectivity index (χ1n) is 3.79. The highest BCUT2D eigenvalue weighted by atomic mass is 16.4. The maximum absolute atomic E-state index is 10.1. The van der Waals surface area contributed by atoms with E-state index in [4.69, 9.17) is 16.6 Å². The van der Waals surface area contributed by atoms with E-state index < -0.39 is 17.9 Å². The number of rotatable bonds is 4. The fourth-order valence-corrected chi connectivity index (χ4v) is 0.421. The van der Waals surface area contributed by atoms with Crippen molar-refractivity contribution in [2.45, 2.75) is 25.8 Å². The van der Waals surface area contributed by atoms with Gasteiger partial charge in [-0.15, -0.1) is 6.58 Å². The van der Waals surface area contributed by atoms with Crippen LogP contribution in [0, 0.1) is 0 Å². The maximum atomic E-state index is 10.1. The predicted octanol–water partition coefficient (Wildman–Crippen LogP) is -0.144. The Morgan fingerprint density at radius 2 is 2.00 bits per heavy atom. The molecule has 0 aromatic heterocycles. The summed E-state index contributed by atoms with van der Waals surface area (Å²) < 4.78 is 0. The quantitative estimate of drug-likeness (QED) is 0.533. The van der Waals surface area contributed by atoms with Gasteiger partial charge in [0.1, 0.15) is 6.04 Å². The molecular weight excluding hydrogens is 172 g/mol. The molecule has 0 spiro atoms. The van der Waals surface area contributed by atoms with Gasteiger partial charge in [0.15, 0.2) is 0 Å². The Morgan fingerprint density at radius 3 is 2.23 bits per heavy atom. The van der Waals surface area contributed by atoms with Crippen molar-refractivity contribution >= 4 is 11.9 Å². The lowest BCUT2D eigenvalue weighted by Crippen LogP contribution is -2.31. The topological polar surface area (TPSA) is 106 Å². The van der Waals surface area contributed by atoms with E-state index in [-0.39, 0.29) is 12.8 Å². The molecule has 0 radical (unpaired) electrons. The molecule has 0 aromatic rings. The number of allylic oxidation sites excluding steroid dienone is 1. The third-order valence-electron chi connectivity index (χ3n) is 1.02. The molecule has 5 nitrogen and oxygen atoms in total. The number of primary amides is 1. The van der Waals surface area contributed by atoms with Crippen LogP contribution >= 0.6 is 0 Å². The Morgan fingerprint density at radius 1 is 1.62 bits per heavy atom. The Bertz CT molecular complexity index is 180. The fourth-order valence-electron chi connectivity index (χ4n) is 0.421. The molecule has 0 aliphatic heterocycles. The molecule has 0 saturated heterocycles. The van der Waals surface area contributed by atoms with Crippen molar-refractivity contribution in [3.05, 3.63) is 12.7 Å². The van der Waals surface area contributed by atoms with Crippen LogP contribution < -0.4 is 11.5 Å². The molecule has 5 N–H and O–H groups in total. The van der Waals surface area contributed by atoms with Gasteiger partial charge >= 0.3 is 5.97 Å². The number of hydrogen-bond acceptors (Lipinski definition) is 3. The second-order valence-corrected chi connectivity index (χ2v) is 2.36. The summed E-state index contributed by atoms with van der Waals surface area (Å²) in [7, 11) is 0. The molecule has 0 aliphatic rings. The molecule has 0 saturated carbocycles. The number of amides is 1. The van der Waals surface area contributed by atoms with Crippen molar-refractivity contribution in [2.24, 2.45) is 11.5 Å². The first kappa shape index (κ1) is 14.2. The minimum absolute atomic E-state index is 0.0213. The Balaban J connectivity index is 0. The molecule has 0 rings (SSSR count). The number of carbonyl (C=O) groups excluding carboxylic acids is 1. The fraction of sp³-hybridized carbons (Fsp3) is 0.500. The van der Waals surface area contributed by atoms with Crippen LogP contribution in [0.5, 0.6) is 0 Å². The summed E-state index contributed by atoms with van der Waals surface area (Å²) in [5.74, 6) is -1.64. The van der Waals surface area contributed by atoms with Crippen LogP contribution in [0.15, 0.2) is 12.7 Å². The van der Waals surface area contributed by atoms with E-state index in [9.17, 15) is 9.59 Å². The van der Waals surface area contributed by atoms with Gasteiger partial charge in [0.05, 0.1) is 0 Å². The van der Waals surface area contributed by atoms with E-state index >= 15 is 0 Å². The van der Waals surface area contributed by atoms with Gasteiger partial charge in [0, 0.05) is 6.42 Å². The average Bonchev–Trinajstić information content (AvgIpc) is 2.01. The normalized spacial score (nSPS) is 10.6. The number of hydrogen-bond donors (Lipinski definition) is 3. The molecule has 1 unspecified atom stereocenters. The summed E-state index contributed by atoms with van der Waals surface area (Å²) in [6.45, 7) is 5.25. The summed E-state index contributed by atoms with van der Waals surface area (Å²) in [5, 5.41) is 8.22. The highest BCUT2D eigenvalue weighted by Gasteiger charge is 2.11. The molecule has 5 heteroatoms. The van der Waals surface area contributed by atoms with Crippen molar-refractivity contribution in [1.82, 2.24) is 0 Å². The van der Waals surface area contributed by atoms with Gasteiger partial charge in [0.2, 0.25) is 5.91 Å². The minimum atomic E-state index is -1.11. The molecular formula is C8H16N2O3. The van der Waals surface area contributed by atoms with Crippen molar-refractivity contribution in [3.63, 3.8) is 0 Å². The standard InChI is InChI=1S/C5H10N2O3.C3H6/c6-3(5(9)10)1-2-4(7)8;1-3-2/h3H,1-2,6H2,(H2,7,8)(H,9,10);3H,1H2,2H3. The first-order valence-corrected chi connectivity index (χ1v) is 3.79. The Labute approximate surface area is 77.4 Å². The molecule has 1 amide bonds. The molecule has 0 aliphatic carbocycles. The van der Waals surface area contributed by atoms with Crippen LogP contribution in [0.25, 0.3) is 0 Å². The minimum Gasteiger partial charge on any atom is -0.480 e. The average molecular weight is 188 g/mol. The lowest BCUT2D eigenvalue weighted by Gasteiger charge is -2.01. The lowest BCUT2D eigenvalue weighted by atomic mass is 10.2. The number of carboxylic acid groups (broad SMARTS) is 1. The van der Waals surface area contributed by atoms with Gasteiger partial charge in [-0.25, -0.2) is 0 Å². The van der Waals surface area contributed by atoms with Gasteiger partial charge in [-0.1, -0.05) is 6.08 Å². The summed E-state index contributed by atoms with van der Waals surface area (Å²) in [5.41, 5.74) is 9.81. The second-order valence-electron chi connectivity index (χ2n) is 2.36. The molecule has 0 bridgehead atoms. The number of nitrogens with two attached hydrogens (primary N) is 2. The zero-order chi connectivity index (χ0) is 10.9. The third-order valence-corrected chi connectivity index (χ3v) is 1.02. The van der Waals surface area contributed by atoms with Gasteiger partial charge in [-0.2, -0.15) is 0 Å². The van der Waals surface area contributed by atoms with Crippen LogP contribution in [0.4, 0.5) is 0 Å². The largest absolute Gasteiger partial charge is 0.480 e. The summed E-state index contributed by atoms with van der Waals surface area (Å²) in [6, 6.07) is -0.979. The molecule has 0 aromatic carbocycles. The zero-order valence-corrected chi connectivity index (χ0v) is 7.69. The maximum Gasteiger partial charge on any atom is 0.320 e. The number of carboxylic acids is 1. The highest BCUT2D eigenvalue weighted by molar-refractivity contribution is 5.76. The smallest absolute Gasteiger partial charge is 0.320 e. The number of aliphatic carboxylic acids is 1. The van der Waals surface area contributed by atoms with E-state index in [0.717, 1.165) is 0 Å². The monoisotopic (exact) mass is 188 g/mol. The van der Waals surface area contributed by atoms with E-state index in [1.54, 1.807) is 6.08 Å². The lowest BCUT2D eigenvalue weighted by molar-refractivity contribution is -0.138. The van der Waals surface area contributed by atoms with Crippen LogP contribution in [-0.2, 0) is 9.59 Å². The highest BCUT2D eigenvalue weighted by Crippen LogP contribution is 1.92. The van der Waals surface area contributed by atoms with Gasteiger partial charge in [0.25, 0.3) is 0 Å². The summed E-state index contributed by atoms with van der Waals surface area (Å²) in [6.07, 6.45) is 1.87. The molecule has 0 fully saturated rings. The van der Waals surface area contributed by atoms with Gasteiger partial charge in [-0.3, -0.25) is 9.59 Å². The van der Waals surface area contributed by atoms with E-state index in [1.807, 2.05) is 6.92 Å². The summed E-state index contributed by atoms with van der Waals surface area (Å²) >= 11 is 0. The molecule has 1 atom stereocenters. The summed E-state index contributed by atoms with van der Waals surface area (Å²) in [4.78, 5) is 20.1. The van der Waals surface area contributed by atoms with Crippen molar-refractivity contribution in [2.75, 3.05) is 0 Å². The molecule has 76 valence electrons. The second kappa shape index (κ2) is 8.73. The first-order chi connectivity index (χ1) is 5.95. The molecule has 13 heavy (non-hydrogen) atoms. The zero-order valence-electron chi connectivity index (χ0n) is 7.69. The number of carbonyl (C=O) groups is 2. The SMILES string of the molecule is C=CC.NC(=O)CCC(N)C(=O)O. The van der Waals surface area contributed by atoms with Gasteiger partial charge < -0.3 is 16.6 Å². The van der Waals surface area contributed by atoms with Crippen molar-refractivity contribution < 1.29 is 14.7 Å². The van der Waals surface area contributed by atoms with Crippen LogP contribution in [-0.4, -0.2) is 23.0 Å². The van der Waals surface area contributed by atoms with Crippen LogP contribution in [0.2, 0.25) is 0 Å². The van der Waals surface area contributed by atoms with E-state index in [1.165, 1.54) is 0 Å². The van der Waals surface area contributed by atoms with E-state index in [2.05, 4.69) is 6.58 Å². The van der Waals surface area contributed by atoms with Crippen molar-refractivity contribution in [1.29, 1.82) is 0 Å². The van der Waals surface area contributed by atoms with Crippen molar-refractivity contribution in [3.8, 4) is 0 Å². The van der Waals surface area contributed by atoms with Crippen LogP contribution in [0.3, 0.4) is 0 Å². The Kier molecular flexibility index (Phi) is 9.53.